The summed E-state index contributed by atoms with van der Waals surface area (Å²) in [7, 11) is 0. The van der Waals surface area contributed by atoms with Crippen LogP contribution >= 0.6 is 27.7 Å². The first-order valence-corrected chi connectivity index (χ1v) is 10.5. The molecule has 2 rings (SSSR count). The third kappa shape index (κ3) is 4.31. The molecule has 0 unspecified atom stereocenters. The highest BCUT2D eigenvalue weighted by atomic mass is 79.9. The van der Waals surface area contributed by atoms with Gasteiger partial charge in [0.2, 0.25) is 5.91 Å². The summed E-state index contributed by atoms with van der Waals surface area (Å²) >= 11 is 4.75. The quantitative estimate of drug-likeness (QED) is 0.496. The molecule has 0 N–H and O–H groups in total. The minimum atomic E-state index is -0.322. The van der Waals surface area contributed by atoms with E-state index in [2.05, 4.69) is 20.9 Å². The van der Waals surface area contributed by atoms with Crippen molar-refractivity contribution in [3.8, 4) is 0 Å². The van der Waals surface area contributed by atoms with E-state index in [0.717, 1.165) is 4.47 Å². The number of hydrogen-bond donors (Lipinski definition) is 0. The normalized spacial score (nSPS) is 12.8. The van der Waals surface area contributed by atoms with Crippen LogP contribution in [0.15, 0.2) is 32.6 Å². The Labute approximate surface area is 167 Å². The Morgan fingerprint density at radius 1 is 1.23 bits per heavy atom. The smallest absolute Gasteiger partial charge is 0.262 e. The van der Waals surface area contributed by atoms with Gasteiger partial charge in [0, 0.05) is 23.1 Å². The van der Waals surface area contributed by atoms with Crippen molar-refractivity contribution in [2.45, 2.75) is 70.6 Å². The van der Waals surface area contributed by atoms with Crippen LogP contribution in [0.1, 0.15) is 41.5 Å². The van der Waals surface area contributed by atoms with Crippen molar-refractivity contribution in [1.29, 1.82) is 0 Å². The zero-order chi connectivity index (χ0) is 19.6. The van der Waals surface area contributed by atoms with Gasteiger partial charge in [-0.1, -0.05) is 27.7 Å². The second kappa shape index (κ2) is 8.57. The lowest BCUT2D eigenvalue weighted by atomic mass is 10.2. The Bertz CT molecular complexity index is 856. The fraction of sp³-hybridized carbons (Fsp3) is 0.526. The summed E-state index contributed by atoms with van der Waals surface area (Å²) in [4.78, 5) is 32.3. The van der Waals surface area contributed by atoms with E-state index in [-0.39, 0.29) is 28.8 Å². The van der Waals surface area contributed by atoms with Crippen molar-refractivity contribution in [3.63, 3.8) is 0 Å². The van der Waals surface area contributed by atoms with Gasteiger partial charge in [0.1, 0.15) is 0 Å². The van der Waals surface area contributed by atoms with Gasteiger partial charge in [0.25, 0.3) is 5.56 Å². The van der Waals surface area contributed by atoms with Gasteiger partial charge >= 0.3 is 0 Å². The van der Waals surface area contributed by atoms with E-state index in [1.807, 2.05) is 58.6 Å². The van der Waals surface area contributed by atoms with Crippen molar-refractivity contribution in [3.05, 3.63) is 33.0 Å². The molecule has 0 aliphatic heterocycles. The summed E-state index contributed by atoms with van der Waals surface area (Å²) in [6.07, 6.45) is 0. The summed E-state index contributed by atoms with van der Waals surface area (Å²) in [5.74, 6) is 0.0628. The number of hydrogen-bond acceptors (Lipinski definition) is 4. The maximum Gasteiger partial charge on any atom is 0.262 e. The molecule has 142 valence electrons. The van der Waals surface area contributed by atoms with Crippen LogP contribution in [0.2, 0.25) is 0 Å². The molecule has 0 fully saturated rings. The van der Waals surface area contributed by atoms with Crippen LogP contribution in [0.3, 0.4) is 0 Å². The molecule has 2 aromatic rings. The molecule has 7 heteroatoms. The van der Waals surface area contributed by atoms with E-state index < -0.39 is 0 Å². The van der Waals surface area contributed by atoms with E-state index in [0.29, 0.717) is 22.6 Å². The van der Waals surface area contributed by atoms with E-state index in [4.69, 9.17) is 0 Å². The molecule has 0 aliphatic carbocycles. The van der Waals surface area contributed by atoms with Gasteiger partial charge in [0.05, 0.1) is 16.2 Å². The van der Waals surface area contributed by atoms with Gasteiger partial charge < -0.3 is 4.90 Å². The van der Waals surface area contributed by atoms with Crippen molar-refractivity contribution >= 4 is 44.5 Å². The maximum atomic E-state index is 12.9. The number of halogens is 1. The summed E-state index contributed by atoms with van der Waals surface area (Å²) in [5.41, 5.74) is 0.570. The first kappa shape index (κ1) is 21.0. The van der Waals surface area contributed by atoms with Crippen LogP contribution < -0.4 is 5.56 Å². The van der Waals surface area contributed by atoms with Crippen LogP contribution in [-0.2, 0) is 11.3 Å². The molecule has 5 nitrogen and oxygen atoms in total. The lowest BCUT2D eigenvalue weighted by molar-refractivity contribution is -0.133. The van der Waals surface area contributed by atoms with Crippen LogP contribution in [-0.4, -0.2) is 37.7 Å². The molecular weight excluding hydrogens is 414 g/mol. The van der Waals surface area contributed by atoms with E-state index >= 15 is 0 Å². The molecule has 26 heavy (non-hydrogen) atoms. The van der Waals surface area contributed by atoms with Crippen molar-refractivity contribution in [1.82, 2.24) is 14.5 Å². The molecule has 0 aliphatic rings. The average Bonchev–Trinajstić information content (AvgIpc) is 2.55. The highest BCUT2D eigenvalue weighted by Crippen LogP contribution is 2.26. The standard InChI is InChI=1S/C19H26BrN3O2S/c1-7-22-18(25)15-10-14(20)8-9-16(15)21-19(22)26-13(6)17(24)23(11(2)3)12(4)5/h8-13H,7H2,1-6H3/t13-/m0/s1. The predicted octanol–water partition coefficient (Wildman–Crippen LogP) is 4.30. The van der Waals surface area contributed by atoms with Crippen LogP contribution in [0.25, 0.3) is 10.9 Å². The molecule has 0 bridgehead atoms. The summed E-state index contributed by atoms with van der Waals surface area (Å²) in [6.45, 7) is 12.4. The lowest BCUT2D eigenvalue weighted by Crippen LogP contribution is -2.45. The molecule has 0 spiro atoms. The first-order valence-electron chi connectivity index (χ1n) is 8.86. The van der Waals surface area contributed by atoms with E-state index in [9.17, 15) is 9.59 Å². The Morgan fingerprint density at radius 2 is 1.85 bits per heavy atom. The summed E-state index contributed by atoms with van der Waals surface area (Å²) in [5, 5.41) is 0.841. The van der Waals surface area contributed by atoms with Crippen molar-refractivity contribution in [2.75, 3.05) is 0 Å². The topological polar surface area (TPSA) is 55.2 Å². The number of benzene rings is 1. The molecule has 0 saturated heterocycles. The number of thioether (sulfide) groups is 1. The molecule has 1 amide bonds. The number of carbonyl (C=O) groups is 1. The zero-order valence-corrected chi connectivity index (χ0v) is 18.5. The van der Waals surface area contributed by atoms with Gasteiger partial charge in [-0.25, -0.2) is 4.98 Å². The Balaban J connectivity index is 2.42. The minimum absolute atomic E-state index is 0.0628. The highest BCUT2D eigenvalue weighted by molar-refractivity contribution is 9.10. The predicted molar refractivity (Wildman–Crippen MR) is 112 cm³/mol. The fourth-order valence-corrected chi connectivity index (χ4v) is 4.46. The Morgan fingerprint density at radius 3 is 2.38 bits per heavy atom. The lowest BCUT2D eigenvalue weighted by Gasteiger charge is -2.33. The molecule has 1 heterocycles. The third-order valence-corrected chi connectivity index (χ3v) is 5.77. The Kier molecular flexibility index (Phi) is 6.91. The number of amides is 1. The second-order valence-electron chi connectivity index (χ2n) is 6.80. The average molecular weight is 440 g/mol. The maximum absolute atomic E-state index is 12.9. The highest BCUT2D eigenvalue weighted by Gasteiger charge is 2.27. The van der Waals surface area contributed by atoms with Crippen LogP contribution in [0.5, 0.6) is 0 Å². The number of nitrogens with zero attached hydrogens (tertiary/aromatic N) is 3. The summed E-state index contributed by atoms with van der Waals surface area (Å²) < 4.78 is 2.48. The largest absolute Gasteiger partial charge is 0.337 e. The molecule has 1 atom stereocenters. The minimum Gasteiger partial charge on any atom is -0.337 e. The van der Waals surface area contributed by atoms with Gasteiger partial charge in [-0.2, -0.15) is 0 Å². The fourth-order valence-electron chi connectivity index (χ4n) is 3.07. The molecule has 1 aromatic carbocycles. The number of fused-ring (bicyclic) bond motifs is 1. The molecule has 1 aromatic heterocycles. The molecule has 0 saturated carbocycles. The monoisotopic (exact) mass is 439 g/mol. The van der Waals surface area contributed by atoms with Crippen LogP contribution in [0.4, 0.5) is 0 Å². The van der Waals surface area contributed by atoms with Crippen LogP contribution in [0, 0.1) is 0 Å². The zero-order valence-electron chi connectivity index (χ0n) is 16.1. The number of rotatable bonds is 6. The van der Waals surface area contributed by atoms with Gasteiger partial charge in [0.15, 0.2) is 5.16 Å². The SMILES string of the molecule is CCn1c(S[C@@H](C)C(=O)N(C(C)C)C(C)C)nc2ccc(Br)cc2c1=O. The van der Waals surface area contributed by atoms with E-state index in [1.54, 1.807) is 10.6 Å². The van der Waals surface area contributed by atoms with Gasteiger partial charge in [-0.3, -0.25) is 14.2 Å². The summed E-state index contributed by atoms with van der Waals surface area (Å²) in [6, 6.07) is 5.74. The van der Waals surface area contributed by atoms with Gasteiger partial charge in [-0.15, -0.1) is 0 Å². The molecule has 0 radical (unpaired) electrons. The van der Waals surface area contributed by atoms with Crippen molar-refractivity contribution < 1.29 is 4.79 Å². The Hall–Kier alpha value is -1.34. The van der Waals surface area contributed by atoms with E-state index in [1.165, 1.54) is 11.8 Å². The second-order valence-corrected chi connectivity index (χ2v) is 9.02. The third-order valence-electron chi connectivity index (χ3n) is 4.19. The molecular formula is C19H26BrN3O2S. The first-order chi connectivity index (χ1) is 12.2. The van der Waals surface area contributed by atoms with Crippen molar-refractivity contribution in [2.24, 2.45) is 0 Å². The number of aromatic nitrogens is 2. The van der Waals surface area contributed by atoms with Gasteiger partial charge in [-0.05, 0) is 59.7 Å². The number of carbonyl (C=O) groups excluding carboxylic acids is 1.